The Bertz CT molecular complexity index is 1590. The summed E-state index contributed by atoms with van der Waals surface area (Å²) in [4.78, 5) is 18.8. The number of nitrogens with one attached hydrogen (secondary N) is 2. The topological polar surface area (TPSA) is 71.4 Å². The molecular formula is C30H29Cl2N5O2S. The summed E-state index contributed by atoms with van der Waals surface area (Å²) in [6.45, 7) is 5.93. The van der Waals surface area contributed by atoms with Gasteiger partial charge < -0.3 is 24.8 Å². The number of pyridine rings is 1. The summed E-state index contributed by atoms with van der Waals surface area (Å²) in [5.41, 5.74) is 6.23. The first-order valence-corrected chi connectivity index (χ1v) is 14.0. The molecular weight excluding hydrogens is 565 g/mol. The Labute approximate surface area is 249 Å². The van der Waals surface area contributed by atoms with Crippen molar-refractivity contribution in [3.63, 3.8) is 0 Å². The first kappa shape index (κ1) is 28.0. The average Bonchev–Trinajstić information content (AvgIpc) is 3.44. The van der Waals surface area contributed by atoms with Crippen LogP contribution in [0.5, 0.6) is 5.75 Å². The molecule has 1 aliphatic heterocycles. The van der Waals surface area contributed by atoms with Crippen molar-refractivity contribution in [2.45, 2.75) is 39.3 Å². The zero-order chi connectivity index (χ0) is 28.6. The number of rotatable bonds is 7. The summed E-state index contributed by atoms with van der Waals surface area (Å²) in [6.07, 6.45) is 2.15. The minimum absolute atomic E-state index is 0.0918. The summed E-state index contributed by atoms with van der Waals surface area (Å²) in [5.74, 6) is 0.450. The van der Waals surface area contributed by atoms with Crippen LogP contribution in [-0.4, -0.2) is 27.7 Å². The van der Waals surface area contributed by atoms with Gasteiger partial charge in [-0.25, -0.2) is 0 Å². The van der Waals surface area contributed by atoms with E-state index >= 15 is 0 Å². The molecule has 40 heavy (non-hydrogen) atoms. The van der Waals surface area contributed by atoms with Gasteiger partial charge in [0.05, 0.1) is 41.3 Å². The molecule has 2 aromatic carbocycles. The summed E-state index contributed by atoms with van der Waals surface area (Å²) in [5, 5.41) is 8.11. The highest BCUT2D eigenvalue weighted by molar-refractivity contribution is 7.80. The third-order valence-electron chi connectivity index (χ3n) is 7.10. The average molecular weight is 595 g/mol. The number of aryl methyl sites for hydroxylation is 1. The predicted molar refractivity (Wildman–Crippen MR) is 165 cm³/mol. The first-order chi connectivity index (χ1) is 19.2. The van der Waals surface area contributed by atoms with Crippen molar-refractivity contribution in [1.29, 1.82) is 0 Å². The maximum Gasteiger partial charge on any atom is 0.224 e. The third-order valence-corrected chi connectivity index (χ3v) is 7.95. The van der Waals surface area contributed by atoms with Gasteiger partial charge in [0, 0.05) is 40.8 Å². The zero-order valence-corrected chi connectivity index (χ0v) is 24.9. The van der Waals surface area contributed by atoms with E-state index in [2.05, 4.69) is 45.0 Å². The van der Waals surface area contributed by atoms with Crippen molar-refractivity contribution in [2.75, 3.05) is 17.3 Å². The third kappa shape index (κ3) is 5.14. The van der Waals surface area contributed by atoms with Crippen LogP contribution in [0, 0.1) is 13.8 Å². The number of hydrogen-bond acceptors (Lipinski definition) is 4. The number of anilines is 2. The number of carbonyl (C=O) groups excluding carboxylic acids is 1. The molecule has 0 aliphatic carbocycles. The van der Waals surface area contributed by atoms with E-state index in [1.165, 1.54) is 0 Å². The number of hydrogen-bond donors (Lipinski definition) is 2. The lowest BCUT2D eigenvalue weighted by Gasteiger charge is -2.29. The maximum absolute atomic E-state index is 12.1. The van der Waals surface area contributed by atoms with Crippen LogP contribution in [0.25, 0.3) is 5.69 Å². The minimum atomic E-state index is -0.241. The number of ether oxygens (including phenoxy) is 1. The smallest absolute Gasteiger partial charge is 0.224 e. The van der Waals surface area contributed by atoms with Crippen LogP contribution in [0.1, 0.15) is 48.1 Å². The largest absolute Gasteiger partial charge is 0.494 e. The molecule has 3 heterocycles. The van der Waals surface area contributed by atoms with Gasteiger partial charge in [-0.2, -0.15) is 0 Å². The molecule has 5 rings (SSSR count). The van der Waals surface area contributed by atoms with Gasteiger partial charge in [0.15, 0.2) is 5.11 Å². The molecule has 1 aliphatic rings. The molecule has 1 fully saturated rings. The number of halogens is 2. The van der Waals surface area contributed by atoms with Crippen LogP contribution < -0.4 is 20.3 Å². The van der Waals surface area contributed by atoms with E-state index in [1.54, 1.807) is 26.3 Å². The number of thiocarbonyl (C=S) groups is 1. The monoisotopic (exact) mass is 593 g/mol. The van der Waals surface area contributed by atoms with Gasteiger partial charge >= 0.3 is 0 Å². The molecule has 0 radical (unpaired) electrons. The van der Waals surface area contributed by atoms with E-state index in [0.717, 1.165) is 34.0 Å². The second-order valence-corrected chi connectivity index (χ2v) is 10.8. The van der Waals surface area contributed by atoms with Crippen LogP contribution in [0.3, 0.4) is 0 Å². The van der Waals surface area contributed by atoms with E-state index in [9.17, 15) is 4.79 Å². The highest BCUT2D eigenvalue weighted by Crippen LogP contribution is 2.45. The van der Waals surface area contributed by atoms with E-state index in [-0.39, 0.29) is 18.0 Å². The van der Waals surface area contributed by atoms with Gasteiger partial charge in [0.1, 0.15) is 5.75 Å². The standard InChI is InChI=1S/C30H29Cl2N5O2S/c1-5-27(38)34-23-11-10-20(16-26(23)39-4)37-29(28(35-30(37)40)24-8-6-7-13-33-24)21-14-17(2)36(18(21)3)25-12-9-19(31)15-22(25)32/h6-16,28-29H,5H2,1-4H3,(H,34,38)(H,35,40)/t28-,29+/m0/s1. The zero-order valence-electron chi connectivity index (χ0n) is 22.5. The van der Waals surface area contributed by atoms with Crippen molar-refractivity contribution >= 4 is 57.8 Å². The summed E-state index contributed by atoms with van der Waals surface area (Å²) in [7, 11) is 1.58. The number of amides is 1. The summed E-state index contributed by atoms with van der Waals surface area (Å²) < 4.78 is 7.79. The molecule has 1 amide bonds. The van der Waals surface area contributed by atoms with Crippen molar-refractivity contribution in [3.8, 4) is 11.4 Å². The van der Waals surface area contributed by atoms with E-state index in [0.29, 0.717) is 33.0 Å². The Morgan fingerprint density at radius 1 is 1.12 bits per heavy atom. The van der Waals surface area contributed by atoms with E-state index in [1.807, 2.05) is 48.5 Å². The highest BCUT2D eigenvalue weighted by Gasteiger charge is 2.42. The second kappa shape index (κ2) is 11.5. The van der Waals surface area contributed by atoms with Crippen molar-refractivity contribution in [1.82, 2.24) is 14.9 Å². The fraction of sp³-hybridized carbons (Fsp3) is 0.233. The fourth-order valence-electron chi connectivity index (χ4n) is 5.24. The van der Waals surface area contributed by atoms with Gasteiger partial charge in [0.25, 0.3) is 0 Å². The van der Waals surface area contributed by atoms with E-state index < -0.39 is 0 Å². The molecule has 206 valence electrons. The fourth-order valence-corrected chi connectivity index (χ4v) is 6.08. The Kier molecular flexibility index (Phi) is 8.03. The van der Waals surface area contributed by atoms with Gasteiger partial charge in [-0.1, -0.05) is 36.2 Å². The Balaban J connectivity index is 1.66. The Morgan fingerprint density at radius 2 is 1.93 bits per heavy atom. The summed E-state index contributed by atoms with van der Waals surface area (Å²) >= 11 is 18.8. The highest BCUT2D eigenvalue weighted by atomic mass is 35.5. The van der Waals surface area contributed by atoms with E-state index in [4.69, 9.17) is 40.2 Å². The molecule has 4 aromatic rings. The molecule has 0 unspecified atom stereocenters. The van der Waals surface area contributed by atoms with Gasteiger partial charge in [-0.05, 0) is 80.2 Å². The van der Waals surface area contributed by atoms with Crippen molar-refractivity contribution < 1.29 is 9.53 Å². The number of methoxy groups -OCH3 is 1. The van der Waals surface area contributed by atoms with Gasteiger partial charge in [-0.3, -0.25) is 9.78 Å². The number of aromatic nitrogens is 2. The van der Waals surface area contributed by atoms with Crippen LogP contribution >= 0.6 is 35.4 Å². The van der Waals surface area contributed by atoms with Crippen molar-refractivity contribution in [3.05, 3.63) is 99.6 Å². The van der Waals surface area contributed by atoms with Crippen LogP contribution in [0.4, 0.5) is 11.4 Å². The molecule has 2 atom stereocenters. The Morgan fingerprint density at radius 3 is 2.60 bits per heavy atom. The lowest BCUT2D eigenvalue weighted by atomic mass is 9.96. The van der Waals surface area contributed by atoms with Crippen LogP contribution in [0.2, 0.25) is 10.0 Å². The molecule has 0 saturated carbocycles. The molecule has 0 bridgehead atoms. The number of carbonyl (C=O) groups is 1. The maximum atomic E-state index is 12.1. The molecule has 2 aromatic heterocycles. The van der Waals surface area contributed by atoms with Crippen LogP contribution in [-0.2, 0) is 4.79 Å². The predicted octanol–water partition coefficient (Wildman–Crippen LogP) is 7.33. The van der Waals surface area contributed by atoms with Gasteiger partial charge in [0.2, 0.25) is 5.91 Å². The number of benzene rings is 2. The molecule has 2 N–H and O–H groups in total. The van der Waals surface area contributed by atoms with Crippen LogP contribution in [0.15, 0.2) is 66.9 Å². The first-order valence-electron chi connectivity index (χ1n) is 12.9. The minimum Gasteiger partial charge on any atom is -0.494 e. The molecule has 7 nitrogen and oxygen atoms in total. The Hall–Kier alpha value is -3.59. The lowest BCUT2D eigenvalue weighted by Crippen LogP contribution is -2.29. The lowest BCUT2D eigenvalue weighted by molar-refractivity contribution is -0.115. The second-order valence-electron chi connectivity index (χ2n) is 9.54. The number of nitrogens with zero attached hydrogens (tertiary/aromatic N) is 3. The summed E-state index contributed by atoms with van der Waals surface area (Å²) in [6, 6.07) is 18.7. The quantitative estimate of drug-likeness (QED) is 0.219. The molecule has 1 saturated heterocycles. The molecule has 0 spiro atoms. The van der Waals surface area contributed by atoms with Gasteiger partial charge in [-0.15, -0.1) is 0 Å². The molecule has 10 heteroatoms. The SMILES string of the molecule is CCC(=O)Nc1ccc(N2C(=S)N[C@@H](c3ccccn3)[C@H]2c2cc(C)n(-c3ccc(Cl)cc3Cl)c2C)cc1OC. The van der Waals surface area contributed by atoms with Crippen molar-refractivity contribution in [2.24, 2.45) is 0 Å². The normalized spacial score (nSPS) is 16.6.